The number of rotatable bonds is 6. The molecule has 0 aliphatic carbocycles. The standard InChI is InChI=1S/C17H28N2O/c1-4-17(18-5-2)14-6-8-15(9-7-14)20-16-10-12-19(3)13-11-16/h6-9,16-18H,4-5,10-13H2,1-3H3. The molecule has 1 aliphatic heterocycles. The molecule has 3 heteroatoms. The highest BCUT2D eigenvalue weighted by atomic mass is 16.5. The van der Waals surface area contributed by atoms with E-state index >= 15 is 0 Å². The monoisotopic (exact) mass is 276 g/mol. The van der Waals surface area contributed by atoms with Gasteiger partial charge in [0.25, 0.3) is 0 Å². The molecule has 0 aromatic heterocycles. The molecule has 1 N–H and O–H groups in total. The molecule has 0 amide bonds. The van der Waals surface area contributed by atoms with Gasteiger partial charge in [-0.2, -0.15) is 0 Å². The van der Waals surface area contributed by atoms with Gasteiger partial charge in [-0.25, -0.2) is 0 Å². The summed E-state index contributed by atoms with van der Waals surface area (Å²) in [6.07, 6.45) is 3.76. The molecule has 1 heterocycles. The van der Waals surface area contributed by atoms with Crippen molar-refractivity contribution >= 4 is 0 Å². The molecule has 1 aromatic rings. The Labute approximate surface area is 123 Å². The minimum Gasteiger partial charge on any atom is -0.490 e. The lowest BCUT2D eigenvalue weighted by molar-refractivity contribution is 0.114. The zero-order chi connectivity index (χ0) is 14.4. The van der Waals surface area contributed by atoms with Crippen molar-refractivity contribution in [2.45, 2.75) is 45.3 Å². The van der Waals surface area contributed by atoms with Gasteiger partial charge in [0.2, 0.25) is 0 Å². The number of hydrogen-bond donors (Lipinski definition) is 1. The molecular formula is C17H28N2O. The molecule has 1 fully saturated rings. The molecule has 0 spiro atoms. The normalized spacial score (nSPS) is 18.9. The first kappa shape index (κ1) is 15.3. The fraction of sp³-hybridized carbons (Fsp3) is 0.647. The third kappa shape index (κ3) is 4.22. The lowest BCUT2D eigenvalue weighted by atomic mass is 10.0. The Morgan fingerprint density at radius 2 is 1.85 bits per heavy atom. The molecule has 2 rings (SSSR count). The Kier molecular flexibility index (Phi) is 5.86. The van der Waals surface area contributed by atoms with Gasteiger partial charge in [0.05, 0.1) is 0 Å². The summed E-state index contributed by atoms with van der Waals surface area (Å²) in [5.74, 6) is 1.01. The molecule has 1 unspecified atom stereocenters. The smallest absolute Gasteiger partial charge is 0.119 e. The van der Waals surface area contributed by atoms with Gasteiger partial charge in [-0.05, 0) is 50.6 Å². The second-order valence-electron chi connectivity index (χ2n) is 5.71. The van der Waals surface area contributed by atoms with Crippen LogP contribution >= 0.6 is 0 Å². The number of hydrogen-bond acceptors (Lipinski definition) is 3. The van der Waals surface area contributed by atoms with Crippen LogP contribution < -0.4 is 10.1 Å². The number of nitrogens with one attached hydrogen (secondary N) is 1. The quantitative estimate of drug-likeness (QED) is 0.863. The van der Waals surface area contributed by atoms with Crippen molar-refractivity contribution in [2.75, 3.05) is 26.7 Å². The highest BCUT2D eigenvalue weighted by Crippen LogP contribution is 2.22. The van der Waals surface area contributed by atoms with Crippen molar-refractivity contribution in [1.29, 1.82) is 0 Å². The van der Waals surface area contributed by atoms with Gasteiger partial charge in [0, 0.05) is 19.1 Å². The second-order valence-corrected chi connectivity index (χ2v) is 5.71. The predicted molar refractivity (Wildman–Crippen MR) is 84.3 cm³/mol. The van der Waals surface area contributed by atoms with Crippen LogP contribution in [0.4, 0.5) is 0 Å². The highest BCUT2D eigenvalue weighted by Gasteiger charge is 2.18. The number of likely N-dealkylation sites (tertiary alicyclic amines) is 1. The molecule has 0 bridgehead atoms. The molecule has 0 saturated carbocycles. The first-order valence-corrected chi connectivity index (χ1v) is 7.91. The Balaban J connectivity index is 1.91. The van der Waals surface area contributed by atoms with Gasteiger partial charge >= 0.3 is 0 Å². The van der Waals surface area contributed by atoms with E-state index in [0.717, 1.165) is 44.6 Å². The third-order valence-corrected chi connectivity index (χ3v) is 4.11. The van der Waals surface area contributed by atoms with E-state index in [1.54, 1.807) is 0 Å². The van der Waals surface area contributed by atoms with Crippen molar-refractivity contribution in [2.24, 2.45) is 0 Å². The van der Waals surface area contributed by atoms with E-state index in [0.29, 0.717) is 12.1 Å². The maximum Gasteiger partial charge on any atom is 0.119 e. The van der Waals surface area contributed by atoms with Crippen LogP contribution in [0.1, 0.15) is 44.7 Å². The zero-order valence-electron chi connectivity index (χ0n) is 13.1. The van der Waals surface area contributed by atoms with Crippen molar-refractivity contribution < 1.29 is 4.74 Å². The molecule has 1 saturated heterocycles. The van der Waals surface area contributed by atoms with E-state index in [4.69, 9.17) is 4.74 Å². The first-order valence-electron chi connectivity index (χ1n) is 7.91. The van der Waals surface area contributed by atoms with Gasteiger partial charge in [0.1, 0.15) is 11.9 Å². The lowest BCUT2D eigenvalue weighted by Gasteiger charge is -2.29. The maximum atomic E-state index is 6.08. The summed E-state index contributed by atoms with van der Waals surface area (Å²) in [4.78, 5) is 2.37. The third-order valence-electron chi connectivity index (χ3n) is 4.11. The van der Waals surface area contributed by atoms with Crippen LogP contribution in [0.5, 0.6) is 5.75 Å². The number of nitrogens with zero attached hydrogens (tertiary/aromatic N) is 1. The topological polar surface area (TPSA) is 24.5 Å². The van der Waals surface area contributed by atoms with E-state index in [1.165, 1.54) is 5.56 Å². The van der Waals surface area contributed by atoms with Gasteiger partial charge in [-0.1, -0.05) is 26.0 Å². The Morgan fingerprint density at radius 1 is 1.20 bits per heavy atom. The van der Waals surface area contributed by atoms with Gasteiger partial charge < -0.3 is 15.0 Å². The fourth-order valence-electron chi connectivity index (χ4n) is 2.82. The van der Waals surface area contributed by atoms with Crippen molar-refractivity contribution in [3.05, 3.63) is 29.8 Å². The Bertz CT molecular complexity index is 382. The molecule has 1 aromatic carbocycles. The van der Waals surface area contributed by atoms with E-state index < -0.39 is 0 Å². The minimum absolute atomic E-state index is 0.382. The summed E-state index contributed by atoms with van der Waals surface area (Å²) in [6.45, 7) is 7.66. The number of benzene rings is 1. The molecule has 1 aliphatic rings. The van der Waals surface area contributed by atoms with Crippen molar-refractivity contribution in [3.63, 3.8) is 0 Å². The summed E-state index contributed by atoms with van der Waals surface area (Å²) in [5, 5.41) is 3.51. The van der Waals surface area contributed by atoms with Crippen molar-refractivity contribution in [3.8, 4) is 5.75 Å². The summed E-state index contributed by atoms with van der Waals surface area (Å²) in [5.41, 5.74) is 1.35. The van der Waals surface area contributed by atoms with E-state index in [-0.39, 0.29) is 0 Å². The number of piperidine rings is 1. The van der Waals surface area contributed by atoms with Gasteiger partial charge in [0.15, 0.2) is 0 Å². The SMILES string of the molecule is CCNC(CC)c1ccc(OC2CCN(C)CC2)cc1. The molecule has 20 heavy (non-hydrogen) atoms. The predicted octanol–water partition coefficient (Wildman–Crippen LogP) is 3.22. The summed E-state index contributed by atoms with van der Waals surface area (Å²) < 4.78 is 6.08. The fourth-order valence-corrected chi connectivity index (χ4v) is 2.82. The summed E-state index contributed by atoms with van der Waals surface area (Å²) in [6, 6.07) is 9.08. The largest absolute Gasteiger partial charge is 0.490 e. The molecule has 112 valence electrons. The van der Waals surface area contributed by atoms with Crippen LogP contribution in [0.2, 0.25) is 0 Å². The highest BCUT2D eigenvalue weighted by molar-refractivity contribution is 5.29. The van der Waals surface area contributed by atoms with Gasteiger partial charge in [-0.3, -0.25) is 0 Å². The second kappa shape index (κ2) is 7.65. The summed E-state index contributed by atoms with van der Waals surface area (Å²) >= 11 is 0. The Morgan fingerprint density at radius 3 is 2.40 bits per heavy atom. The van der Waals surface area contributed by atoms with E-state index in [2.05, 4.69) is 55.4 Å². The maximum absolute atomic E-state index is 6.08. The summed E-state index contributed by atoms with van der Waals surface area (Å²) in [7, 11) is 2.18. The van der Waals surface area contributed by atoms with Gasteiger partial charge in [-0.15, -0.1) is 0 Å². The average molecular weight is 276 g/mol. The molecule has 1 atom stereocenters. The van der Waals surface area contributed by atoms with Crippen LogP contribution in [0, 0.1) is 0 Å². The minimum atomic E-state index is 0.382. The molecule has 0 radical (unpaired) electrons. The first-order chi connectivity index (χ1) is 9.72. The Hall–Kier alpha value is -1.06. The van der Waals surface area contributed by atoms with Crippen molar-refractivity contribution in [1.82, 2.24) is 10.2 Å². The van der Waals surface area contributed by atoms with Crippen LogP contribution in [-0.4, -0.2) is 37.7 Å². The average Bonchev–Trinajstić information content (AvgIpc) is 2.48. The van der Waals surface area contributed by atoms with Crippen LogP contribution in [-0.2, 0) is 0 Å². The van der Waals surface area contributed by atoms with Crippen LogP contribution in [0.15, 0.2) is 24.3 Å². The van der Waals surface area contributed by atoms with E-state index in [9.17, 15) is 0 Å². The van der Waals surface area contributed by atoms with Crippen LogP contribution in [0.25, 0.3) is 0 Å². The molecule has 3 nitrogen and oxygen atoms in total. The lowest BCUT2D eigenvalue weighted by Crippen LogP contribution is -2.35. The zero-order valence-corrected chi connectivity index (χ0v) is 13.1. The van der Waals surface area contributed by atoms with Crippen LogP contribution in [0.3, 0.4) is 0 Å². The molecular weight excluding hydrogens is 248 g/mol. The van der Waals surface area contributed by atoms with E-state index in [1.807, 2.05) is 0 Å². The number of ether oxygens (including phenoxy) is 1.